The van der Waals surface area contributed by atoms with E-state index in [1.54, 1.807) is 17.5 Å². The average molecular weight is 585 g/mol. The number of nitrogens with one attached hydrogen (secondary N) is 2. The van der Waals surface area contributed by atoms with Gasteiger partial charge < -0.3 is 16.4 Å². The van der Waals surface area contributed by atoms with E-state index >= 15 is 0 Å². The summed E-state index contributed by atoms with van der Waals surface area (Å²) < 4.78 is 1.02. The molecule has 43 heavy (non-hydrogen) atoms. The smallest absolute Gasteiger partial charge is 0.243 e. The second-order valence-corrected chi connectivity index (χ2v) is 11.7. The Labute approximate surface area is 254 Å². The second kappa shape index (κ2) is 12.9. The molecule has 0 aliphatic heterocycles. The van der Waals surface area contributed by atoms with Crippen molar-refractivity contribution in [1.82, 2.24) is 15.6 Å². The number of pyridine rings is 1. The number of aromatic nitrogens is 1. The van der Waals surface area contributed by atoms with Crippen LogP contribution in [-0.4, -0.2) is 22.8 Å². The molecule has 0 bridgehead atoms. The molecule has 0 saturated heterocycles. The molecule has 7 heteroatoms. The number of nitrogen functional groups attached to an aromatic ring is 1. The van der Waals surface area contributed by atoms with Crippen molar-refractivity contribution in [3.8, 4) is 0 Å². The Kier molecular flexibility index (Phi) is 8.42. The molecule has 0 aliphatic carbocycles. The molecule has 2 amide bonds. The molecule has 0 aliphatic rings. The summed E-state index contributed by atoms with van der Waals surface area (Å²) in [6, 6.07) is 37.3. The lowest BCUT2D eigenvalue weighted by molar-refractivity contribution is -0.129. The number of benzene rings is 4. The first kappa shape index (κ1) is 28.1. The highest BCUT2D eigenvalue weighted by atomic mass is 32.1. The first-order valence-electron chi connectivity index (χ1n) is 14.3. The number of nitrogens with two attached hydrogens (primary N) is 1. The number of thiophene rings is 1. The van der Waals surface area contributed by atoms with Crippen molar-refractivity contribution >= 4 is 49.8 Å². The summed E-state index contributed by atoms with van der Waals surface area (Å²) >= 11 is 1.57. The zero-order valence-corrected chi connectivity index (χ0v) is 24.4. The molecule has 4 aromatic carbocycles. The lowest BCUT2D eigenvalue weighted by Gasteiger charge is -2.22. The van der Waals surface area contributed by atoms with Crippen molar-refractivity contribution in [3.63, 3.8) is 0 Å². The molecule has 0 spiro atoms. The van der Waals surface area contributed by atoms with Gasteiger partial charge in [0.1, 0.15) is 11.9 Å². The van der Waals surface area contributed by atoms with Crippen molar-refractivity contribution in [2.75, 3.05) is 5.73 Å². The second-order valence-electron chi connectivity index (χ2n) is 10.6. The predicted molar refractivity (Wildman–Crippen MR) is 175 cm³/mol. The third-order valence-electron chi connectivity index (χ3n) is 7.71. The fourth-order valence-corrected chi connectivity index (χ4v) is 6.56. The van der Waals surface area contributed by atoms with E-state index in [4.69, 9.17) is 5.73 Å². The van der Waals surface area contributed by atoms with Gasteiger partial charge in [0.25, 0.3) is 0 Å². The van der Waals surface area contributed by atoms with Gasteiger partial charge in [-0.15, -0.1) is 11.3 Å². The number of carbonyl (C=O) groups excluding carboxylic acids is 2. The Morgan fingerprint density at radius 3 is 2.19 bits per heavy atom. The minimum Gasteiger partial charge on any atom is -0.383 e. The molecule has 1 atom stereocenters. The first-order valence-corrected chi connectivity index (χ1v) is 15.1. The molecule has 4 N–H and O–H groups in total. The minimum atomic E-state index is -0.758. The molecule has 2 heterocycles. The van der Waals surface area contributed by atoms with Crippen LogP contribution in [0.5, 0.6) is 0 Å². The zero-order valence-electron chi connectivity index (χ0n) is 23.6. The van der Waals surface area contributed by atoms with Crippen molar-refractivity contribution in [2.45, 2.75) is 31.3 Å². The number of carbonyl (C=O) groups is 2. The van der Waals surface area contributed by atoms with Crippen LogP contribution in [0, 0.1) is 0 Å². The third-order valence-corrected chi connectivity index (χ3v) is 8.81. The van der Waals surface area contributed by atoms with Gasteiger partial charge in [-0.05, 0) is 39.6 Å². The summed E-state index contributed by atoms with van der Waals surface area (Å²) in [5, 5.41) is 9.20. The number of hydrogen-bond donors (Lipinski definition) is 3. The molecule has 0 unspecified atom stereocenters. The number of fused-ring (bicyclic) bond motifs is 2. The zero-order chi connectivity index (χ0) is 29.6. The normalized spacial score (nSPS) is 11.9. The van der Waals surface area contributed by atoms with Crippen LogP contribution in [-0.2, 0) is 22.6 Å². The van der Waals surface area contributed by atoms with Crippen LogP contribution < -0.4 is 16.4 Å². The van der Waals surface area contributed by atoms with Crippen LogP contribution in [0.25, 0.3) is 20.9 Å². The van der Waals surface area contributed by atoms with Gasteiger partial charge in [0.2, 0.25) is 11.8 Å². The molecule has 6 rings (SSSR count). The number of nitrogens with zero attached hydrogens (tertiary/aromatic N) is 1. The number of rotatable bonds is 10. The molecule has 2 aromatic heterocycles. The highest BCUT2D eigenvalue weighted by Gasteiger charge is 2.25. The summed E-state index contributed by atoms with van der Waals surface area (Å²) in [4.78, 5) is 32.6. The van der Waals surface area contributed by atoms with Gasteiger partial charge in [0.15, 0.2) is 0 Å². The Balaban J connectivity index is 1.24. The number of anilines is 1. The fourth-order valence-electron chi connectivity index (χ4n) is 5.56. The van der Waals surface area contributed by atoms with Gasteiger partial charge in [0.05, 0.1) is 6.54 Å². The molecule has 0 radical (unpaired) electrons. The van der Waals surface area contributed by atoms with E-state index in [0.29, 0.717) is 18.8 Å². The van der Waals surface area contributed by atoms with Crippen LogP contribution in [0.2, 0.25) is 0 Å². The maximum Gasteiger partial charge on any atom is 0.243 e. The maximum absolute atomic E-state index is 13.7. The topological polar surface area (TPSA) is 97.1 Å². The molecular formula is C36H32N4O2S. The van der Waals surface area contributed by atoms with Crippen LogP contribution in [0.1, 0.15) is 33.9 Å². The summed E-state index contributed by atoms with van der Waals surface area (Å²) in [5.41, 5.74) is 9.15. The lowest BCUT2D eigenvalue weighted by Crippen LogP contribution is -2.48. The molecule has 6 nitrogen and oxygen atoms in total. The first-order chi connectivity index (χ1) is 21.0. The lowest BCUT2D eigenvalue weighted by atomic mass is 9.88. The Bertz CT molecular complexity index is 1830. The van der Waals surface area contributed by atoms with Crippen molar-refractivity contribution < 1.29 is 9.59 Å². The molecule has 6 aromatic rings. The van der Waals surface area contributed by atoms with E-state index in [1.807, 2.05) is 97.1 Å². The van der Waals surface area contributed by atoms with Crippen LogP contribution in [0.4, 0.5) is 5.82 Å². The van der Waals surface area contributed by atoms with Crippen molar-refractivity contribution in [3.05, 3.63) is 143 Å². The molecular weight excluding hydrogens is 552 g/mol. The largest absolute Gasteiger partial charge is 0.383 e. The Morgan fingerprint density at radius 2 is 1.47 bits per heavy atom. The standard InChI is InChI=1S/C36H32N4O2S/c37-35-31-21-28(43-33(31)18-19-38-35)23-39-36(42)32(20-27-16-9-15-24-14-7-8-17-29(24)27)40-34(41)22-30(25-10-3-1-4-11-25)26-12-5-2-6-13-26/h1-19,21,30,32H,20,22-23H2,(H2,37,38)(H,39,42)(H,40,41)/t32-/m0/s1. The van der Waals surface area contributed by atoms with E-state index in [9.17, 15) is 9.59 Å². The van der Waals surface area contributed by atoms with Gasteiger partial charge in [0, 0.05) is 39.9 Å². The summed E-state index contributed by atoms with van der Waals surface area (Å²) in [7, 11) is 0. The summed E-state index contributed by atoms with van der Waals surface area (Å²) in [6.07, 6.45) is 2.27. The number of amides is 2. The molecule has 0 saturated carbocycles. The highest BCUT2D eigenvalue weighted by molar-refractivity contribution is 7.19. The van der Waals surface area contributed by atoms with Gasteiger partial charge in [-0.3, -0.25) is 9.59 Å². The quantitative estimate of drug-likeness (QED) is 0.169. The monoisotopic (exact) mass is 584 g/mol. The summed E-state index contributed by atoms with van der Waals surface area (Å²) in [5.74, 6) is -0.0836. The molecule has 214 valence electrons. The van der Waals surface area contributed by atoms with Crippen LogP contribution in [0.15, 0.2) is 121 Å². The minimum absolute atomic E-state index is 0.138. The van der Waals surface area contributed by atoms with E-state index in [-0.39, 0.29) is 24.2 Å². The van der Waals surface area contributed by atoms with E-state index < -0.39 is 6.04 Å². The third kappa shape index (κ3) is 6.58. The van der Waals surface area contributed by atoms with Gasteiger partial charge in [-0.2, -0.15) is 0 Å². The maximum atomic E-state index is 13.7. The average Bonchev–Trinajstić information content (AvgIpc) is 3.48. The summed E-state index contributed by atoms with van der Waals surface area (Å²) in [6.45, 7) is 0.330. The van der Waals surface area contributed by atoms with E-state index in [0.717, 1.165) is 42.4 Å². The van der Waals surface area contributed by atoms with E-state index in [2.05, 4.69) is 33.8 Å². The fraction of sp³-hybridized carbons (Fsp3) is 0.139. The highest BCUT2D eigenvalue weighted by Crippen LogP contribution is 2.29. The predicted octanol–water partition coefficient (Wildman–Crippen LogP) is 6.60. The SMILES string of the molecule is Nc1nccc2sc(CNC(=O)[C@H](Cc3cccc4ccccc34)NC(=O)CC(c3ccccc3)c3ccccc3)cc12. The van der Waals surface area contributed by atoms with Crippen LogP contribution in [0.3, 0.4) is 0 Å². The van der Waals surface area contributed by atoms with Gasteiger partial charge in [-0.1, -0.05) is 103 Å². The van der Waals surface area contributed by atoms with Gasteiger partial charge >= 0.3 is 0 Å². The number of hydrogen-bond acceptors (Lipinski definition) is 5. The van der Waals surface area contributed by atoms with Crippen molar-refractivity contribution in [2.24, 2.45) is 0 Å². The molecule has 0 fully saturated rings. The van der Waals surface area contributed by atoms with Gasteiger partial charge in [-0.25, -0.2) is 4.98 Å². The van der Waals surface area contributed by atoms with Crippen molar-refractivity contribution in [1.29, 1.82) is 0 Å². The van der Waals surface area contributed by atoms with Crippen LogP contribution >= 0.6 is 11.3 Å². The Morgan fingerprint density at radius 1 is 0.791 bits per heavy atom. The van der Waals surface area contributed by atoms with E-state index in [1.165, 1.54) is 0 Å². The Hall–Kier alpha value is -5.01.